The minimum Gasteiger partial charge on any atom is -0.364 e. The highest BCUT2D eigenvalue weighted by Gasteiger charge is 2.19. The fourth-order valence-corrected chi connectivity index (χ4v) is 4.19. The molecule has 0 saturated heterocycles. The van der Waals surface area contributed by atoms with Crippen LogP contribution >= 0.6 is 11.6 Å². The zero-order valence-corrected chi connectivity index (χ0v) is 17.4. The number of halogens is 2. The number of nitrogens with zero attached hydrogens (tertiary/aromatic N) is 3. The first kappa shape index (κ1) is 19.6. The smallest absolute Gasteiger partial charge is 0.255 e. The molecule has 0 saturated carbocycles. The van der Waals surface area contributed by atoms with E-state index >= 15 is 0 Å². The average Bonchev–Trinajstić information content (AvgIpc) is 2.98. The molecule has 1 N–H and O–H groups in total. The summed E-state index contributed by atoms with van der Waals surface area (Å²) in [4.78, 5) is 19.7. The Hall–Kier alpha value is -3.38. The second-order valence-corrected chi connectivity index (χ2v) is 7.98. The van der Waals surface area contributed by atoms with Crippen molar-refractivity contribution >= 4 is 39.9 Å². The van der Waals surface area contributed by atoms with Crippen LogP contribution in [0.1, 0.15) is 22.6 Å². The zero-order chi connectivity index (χ0) is 21.4. The van der Waals surface area contributed by atoms with Crippen LogP contribution in [0.2, 0.25) is 5.02 Å². The zero-order valence-electron chi connectivity index (χ0n) is 16.7. The molecule has 5 rings (SSSR count). The molecule has 156 valence electrons. The molecule has 1 aliphatic rings. The summed E-state index contributed by atoms with van der Waals surface area (Å²) >= 11 is 5.80. The highest BCUT2D eigenvalue weighted by Crippen LogP contribution is 2.26. The SMILES string of the molecule is O=C(Nc1cccc(N2CCCn3c(nc4ccccc43)C2)c1)c1ccc(F)c(Cl)c1. The second kappa shape index (κ2) is 8.04. The van der Waals surface area contributed by atoms with Gasteiger partial charge in [0.15, 0.2) is 0 Å². The standard InChI is InChI=1S/C24H20ClFN4O/c25-19-13-16(9-10-20(19)26)24(31)27-17-5-3-6-18(14-17)29-11-4-12-30-22-8-2-1-7-21(22)28-23(30)15-29/h1-3,5-10,13-14H,4,11-12,15H2,(H,27,31). The molecule has 1 amide bonds. The largest absolute Gasteiger partial charge is 0.364 e. The Kier molecular flexibility index (Phi) is 5.08. The number of carbonyl (C=O) groups is 1. The molecule has 31 heavy (non-hydrogen) atoms. The maximum atomic E-state index is 13.4. The quantitative estimate of drug-likeness (QED) is 0.463. The van der Waals surface area contributed by atoms with Crippen LogP contribution in [0.25, 0.3) is 11.0 Å². The number of aromatic nitrogens is 2. The van der Waals surface area contributed by atoms with E-state index in [4.69, 9.17) is 16.6 Å². The molecular weight excluding hydrogens is 415 g/mol. The predicted molar refractivity (Wildman–Crippen MR) is 121 cm³/mol. The second-order valence-electron chi connectivity index (χ2n) is 7.58. The molecule has 4 aromatic rings. The molecule has 0 radical (unpaired) electrons. The van der Waals surface area contributed by atoms with Crippen LogP contribution in [0.4, 0.5) is 15.8 Å². The molecule has 3 aromatic carbocycles. The lowest BCUT2D eigenvalue weighted by atomic mass is 10.2. The van der Waals surface area contributed by atoms with Gasteiger partial charge >= 0.3 is 0 Å². The number of rotatable bonds is 3. The van der Waals surface area contributed by atoms with E-state index in [9.17, 15) is 9.18 Å². The van der Waals surface area contributed by atoms with Gasteiger partial charge in [0, 0.05) is 30.0 Å². The van der Waals surface area contributed by atoms with Crippen molar-refractivity contribution in [1.82, 2.24) is 9.55 Å². The van der Waals surface area contributed by atoms with E-state index in [1.54, 1.807) is 0 Å². The van der Waals surface area contributed by atoms with Gasteiger partial charge in [-0.25, -0.2) is 9.37 Å². The third-order valence-electron chi connectivity index (χ3n) is 5.53. The molecule has 0 aliphatic carbocycles. The summed E-state index contributed by atoms with van der Waals surface area (Å²) in [7, 11) is 0. The monoisotopic (exact) mass is 434 g/mol. The lowest BCUT2D eigenvalue weighted by molar-refractivity contribution is 0.102. The number of fused-ring (bicyclic) bond motifs is 3. The molecule has 5 nitrogen and oxygen atoms in total. The first-order chi connectivity index (χ1) is 15.1. The molecular formula is C24H20ClFN4O. The first-order valence-corrected chi connectivity index (χ1v) is 10.5. The fraction of sp³-hybridized carbons (Fsp3) is 0.167. The number of imidazole rings is 1. The minimum atomic E-state index is -0.549. The van der Waals surface area contributed by atoms with Crippen LogP contribution in [-0.4, -0.2) is 22.0 Å². The van der Waals surface area contributed by atoms with E-state index in [-0.39, 0.29) is 10.9 Å². The van der Waals surface area contributed by atoms with Crippen LogP contribution in [0.5, 0.6) is 0 Å². The normalized spacial score (nSPS) is 13.7. The summed E-state index contributed by atoms with van der Waals surface area (Å²) in [5, 5.41) is 2.80. The number of hydrogen-bond acceptors (Lipinski definition) is 3. The van der Waals surface area contributed by atoms with Gasteiger partial charge in [0.1, 0.15) is 11.6 Å². The maximum Gasteiger partial charge on any atom is 0.255 e. The Labute approximate surface area is 184 Å². The lowest BCUT2D eigenvalue weighted by Gasteiger charge is -2.22. The Morgan fingerprint density at radius 3 is 2.77 bits per heavy atom. The van der Waals surface area contributed by atoms with E-state index in [2.05, 4.69) is 20.9 Å². The molecule has 0 bridgehead atoms. The van der Waals surface area contributed by atoms with Gasteiger partial charge in [0.25, 0.3) is 5.91 Å². The molecule has 0 unspecified atom stereocenters. The third kappa shape index (κ3) is 3.86. The van der Waals surface area contributed by atoms with E-state index in [0.717, 1.165) is 36.5 Å². The maximum absolute atomic E-state index is 13.4. The summed E-state index contributed by atoms with van der Waals surface area (Å²) in [6, 6.07) is 19.9. The Morgan fingerprint density at radius 1 is 1.03 bits per heavy atom. The van der Waals surface area contributed by atoms with E-state index in [1.807, 2.05) is 42.5 Å². The van der Waals surface area contributed by atoms with Crippen molar-refractivity contribution in [2.24, 2.45) is 0 Å². The highest BCUT2D eigenvalue weighted by atomic mass is 35.5. The third-order valence-corrected chi connectivity index (χ3v) is 5.82. The summed E-state index contributed by atoms with van der Waals surface area (Å²) in [5.41, 5.74) is 4.16. The van der Waals surface area contributed by atoms with Crippen LogP contribution < -0.4 is 10.2 Å². The van der Waals surface area contributed by atoms with Gasteiger partial charge in [-0.3, -0.25) is 4.79 Å². The first-order valence-electron chi connectivity index (χ1n) is 10.1. The Bertz CT molecular complexity index is 1290. The number of carbonyl (C=O) groups excluding carboxylic acids is 1. The Balaban J connectivity index is 1.38. The van der Waals surface area contributed by atoms with Gasteiger partial charge < -0.3 is 14.8 Å². The lowest BCUT2D eigenvalue weighted by Crippen LogP contribution is -2.23. The summed E-state index contributed by atoms with van der Waals surface area (Å²) in [6.45, 7) is 2.51. The van der Waals surface area contributed by atoms with Gasteiger partial charge in [-0.15, -0.1) is 0 Å². The fourth-order valence-electron chi connectivity index (χ4n) is 4.01. The average molecular weight is 435 g/mol. The number of aryl methyl sites for hydroxylation is 1. The molecule has 7 heteroatoms. The number of anilines is 2. The summed E-state index contributed by atoms with van der Waals surface area (Å²) < 4.78 is 15.7. The molecule has 0 fully saturated rings. The van der Waals surface area contributed by atoms with Crippen LogP contribution in [0.3, 0.4) is 0 Å². The Morgan fingerprint density at radius 2 is 1.90 bits per heavy atom. The summed E-state index contributed by atoms with van der Waals surface area (Å²) in [6.07, 6.45) is 0.998. The molecule has 1 aromatic heterocycles. The van der Waals surface area contributed by atoms with Crippen molar-refractivity contribution in [2.75, 3.05) is 16.8 Å². The number of benzene rings is 3. The number of hydrogen-bond donors (Lipinski definition) is 1. The van der Waals surface area contributed by atoms with E-state index in [1.165, 1.54) is 23.7 Å². The summed E-state index contributed by atoms with van der Waals surface area (Å²) in [5.74, 6) is 0.151. The molecule has 0 atom stereocenters. The van der Waals surface area contributed by atoms with Gasteiger partial charge in [-0.1, -0.05) is 29.8 Å². The van der Waals surface area contributed by atoms with Gasteiger partial charge in [0.2, 0.25) is 0 Å². The van der Waals surface area contributed by atoms with Crippen LogP contribution in [0, 0.1) is 5.82 Å². The molecule has 1 aliphatic heterocycles. The number of amides is 1. The van der Waals surface area contributed by atoms with Crippen LogP contribution in [-0.2, 0) is 13.1 Å². The molecule has 2 heterocycles. The van der Waals surface area contributed by atoms with Crippen molar-refractivity contribution in [3.05, 3.63) is 89.0 Å². The minimum absolute atomic E-state index is 0.0751. The highest BCUT2D eigenvalue weighted by molar-refractivity contribution is 6.31. The van der Waals surface area contributed by atoms with Crippen molar-refractivity contribution in [3.8, 4) is 0 Å². The number of para-hydroxylation sites is 2. The van der Waals surface area contributed by atoms with Gasteiger partial charge in [-0.2, -0.15) is 0 Å². The van der Waals surface area contributed by atoms with Crippen molar-refractivity contribution in [3.63, 3.8) is 0 Å². The van der Waals surface area contributed by atoms with Gasteiger partial charge in [0.05, 0.1) is 22.6 Å². The molecule has 0 spiro atoms. The van der Waals surface area contributed by atoms with Crippen LogP contribution in [0.15, 0.2) is 66.7 Å². The number of nitrogens with one attached hydrogen (secondary N) is 1. The van der Waals surface area contributed by atoms with E-state index in [0.29, 0.717) is 17.8 Å². The predicted octanol–water partition coefficient (Wildman–Crippen LogP) is 5.49. The van der Waals surface area contributed by atoms with Crippen molar-refractivity contribution in [1.29, 1.82) is 0 Å². The van der Waals surface area contributed by atoms with E-state index < -0.39 is 5.82 Å². The van der Waals surface area contributed by atoms with Crippen molar-refractivity contribution in [2.45, 2.75) is 19.5 Å². The van der Waals surface area contributed by atoms with Crippen molar-refractivity contribution < 1.29 is 9.18 Å². The van der Waals surface area contributed by atoms with Gasteiger partial charge in [-0.05, 0) is 55.0 Å². The topological polar surface area (TPSA) is 50.2 Å².